The minimum Gasteiger partial charge on any atom is -0.497 e. The van der Waals surface area contributed by atoms with Crippen LogP contribution in [0.3, 0.4) is 0 Å². The molecule has 0 unspecified atom stereocenters. The number of nitrogens with one attached hydrogen (secondary N) is 2. The number of fused-ring (bicyclic) bond motifs is 2. The van der Waals surface area contributed by atoms with Crippen LogP contribution < -0.4 is 20.3 Å². The van der Waals surface area contributed by atoms with E-state index in [-0.39, 0.29) is 17.3 Å². The van der Waals surface area contributed by atoms with Crippen LogP contribution in [0, 0.1) is 10.1 Å². The summed E-state index contributed by atoms with van der Waals surface area (Å²) in [5.41, 5.74) is 1.71. The Morgan fingerprint density at radius 2 is 1.91 bits per heavy atom. The van der Waals surface area contributed by atoms with Crippen molar-refractivity contribution in [2.24, 2.45) is 0 Å². The van der Waals surface area contributed by atoms with Gasteiger partial charge in [-0.2, -0.15) is 9.78 Å². The van der Waals surface area contributed by atoms with Gasteiger partial charge in [0.1, 0.15) is 23.2 Å². The van der Waals surface area contributed by atoms with Gasteiger partial charge < -0.3 is 14.8 Å². The third-order valence-electron chi connectivity index (χ3n) is 5.35. The summed E-state index contributed by atoms with van der Waals surface area (Å²) in [5, 5.41) is 32.6. The molecule has 1 aliphatic rings. The standard InChI is InChI=1S/C20H16N8O5/c1-32-12-7-8-14(33-2)13(9-12)18-15-16(10-3-5-11(6-4-10)28(30)31)22-23-19(29)17(15)21-20-24-25-26-27(18)20/h3-9,18H,1-2H3,(H,23,29)(H,21,24,26)/t18-/m1/s1. The molecule has 0 spiro atoms. The number of tetrazole rings is 1. The van der Waals surface area contributed by atoms with Gasteiger partial charge >= 0.3 is 0 Å². The first kappa shape index (κ1) is 20.1. The van der Waals surface area contributed by atoms with E-state index in [4.69, 9.17) is 9.47 Å². The average molecular weight is 448 g/mol. The number of non-ortho nitro benzene ring substituents is 1. The van der Waals surface area contributed by atoms with Gasteiger partial charge in [-0.3, -0.25) is 14.9 Å². The lowest BCUT2D eigenvalue weighted by atomic mass is 9.91. The molecular formula is C20H16N8O5. The highest BCUT2D eigenvalue weighted by molar-refractivity contribution is 5.76. The molecule has 0 saturated heterocycles. The van der Waals surface area contributed by atoms with Gasteiger partial charge in [0.05, 0.1) is 24.8 Å². The SMILES string of the molecule is COc1ccc(OC)c([C@@H]2c3c(-c4ccc([N+](=O)[O-])cc4)n[nH]c(=O)c3Nc3nnnn32)c1. The molecular weight excluding hydrogens is 432 g/mol. The molecule has 13 heteroatoms. The highest BCUT2D eigenvalue weighted by atomic mass is 16.6. The third-order valence-corrected chi connectivity index (χ3v) is 5.35. The van der Waals surface area contributed by atoms with Crippen molar-refractivity contribution < 1.29 is 14.4 Å². The predicted molar refractivity (Wildman–Crippen MR) is 115 cm³/mol. The maximum absolute atomic E-state index is 12.8. The van der Waals surface area contributed by atoms with Crippen LogP contribution in [0.4, 0.5) is 17.3 Å². The summed E-state index contributed by atoms with van der Waals surface area (Å²) >= 11 is 0. The van der Waals surface area contributed by atoms with Crippen molar-refractivity contribution in [3.8, 4) is 22.8 Å². The highest BCUT2D eigenvalue weighted by Crippen LogP contribution is 2.44. The Morgan fingerprint density at radius 3 is 2.61 bits per heavy atom. The Balaban J connectivity index is 1.80. The van der Waals surface area contributed by atoms with Crippen molar-refractivity contribution >= 4 is 17.3 Å². The summed E-state index contributed by atoms with van der Waals surface area (Å²) in [4.78, 5) is 23.4. The van der Waals surface area contributed by atoms with E-state index in [1.54, 1.807) is 37.4 Å². The van der Waals surface area contributed by atoms with Gasteiger partial charge in [-0.25, -0.2) is 5.10 Å². The largest absolute Gasteiger partial charge is 0.497 e. The number of hydrogen-bond acceptors (Lipinski definition) is 10. The quantitative estimate of drug-likeness (QED) is 0.300. The number of nitro benzene ring substituents is 1. The highest BCUT2D eigenvalue weighted by Gasteiger charge is 2.36. The molecule has 2 N–H and O–H groups in total. The smallest absolute Gasteiger partial charge is 0.288 e. The van der Waals surface area contributed by atoms with Crippen molar-refractivity contribution in [1.29, 1.82) is 0 Å². The molecule has 0 saturated carbocycles. The van der Waals surface area contributed by atoms with Gasteiger partial charge in [-0.05, 0) is 40.8 Å². The number of hydrogen-bond donors (Lipinski definition) is 2. The molecule has 13 nitrogen and oxygen atoms in total. The van der Waals surface area contributed by atoms with Gasteiger partial charge in [0, 0.05) is 28.8 Å². The number of nitro groups is 1. The van der Waals surface area contributed by atoms with Crippen molar-refractivity contribution in [2.75, 3.05) is 19.5 Å². The summed E-state index contributed by atoms with van der Waals surface area (Å²) in [6.07, 6.45) is 0. The van der Waals surface area contributed by atoms with E-state index in [1.165, 1.54) is 23.9 Å². The monoisotopic (exact) mass is 448 g/mol. The van der Waals surface area contributed by atoms with Gasteiger partial charge in [0.15, 0.2) is 0 Å². The Kier molecular flexibility index (Phi) is 4.70. The van der Waals surface area contributed by atoms with Crippen LogP contribution in [-0.4, -0.2) is 49.5 Å². The van der Waals surface area contributed by atoms with Crippen LogP contribution in [0.5, 0.6) is 11.5 Å². The molecule has 1 aliphatic heterocycles. The molecule has 0 fully saturated rings. The number of benzene rings is 2. The number of H-pyrrole nitrogens is 1. The molecule has 0 aliphatic carbocycles. The molecule has 0 bridgehead atoms. The van der Waals surface area contributed by atoms with E-state index in [0.717, 1.165) is 0 Å². The maximum atomic E-state index is 12.8. The molecule has 4 aromatic rings. The summed E-state index contributed by atoms with van der Waals surface area (Å²) in [7, 11) is 3.07. The summed E-state index contributed by atoms with van der Waals surface area (Å²) in [5.74, 6) is 1.34. The minimum atomic E-state index is -0.712. The van der Waals surface area contributed by atoms with Crippen LogP contribution in [0.15, 0.2) is 47.3 Å². The number of aromatic amines is 1. The molecule has 2 aromatic heterocycles. The zero-order valence-corrected chi connectivity index (χ0v) is 17.3. The zero-order chi connectivity index (χ0) is 23.1. The Hall–Kier alpha value is -4.81. The van der Waals surface area contributed by atoms with E-state index in [0.29, 0.717) is 33.9 Å². The Morgan fingerprint density at radius 1 is 1.12 bits per heavy atom. The molecule has 3 heterocycles. The van der Waals surface area contributed by atoms with Gasteiger partial charge in [0.25, 0.3) is 11.2 Å². The number of rotatable bonds is 5. The van der Waals surface area contributed by atoms with Gasteiger partial charge in [0.2, 0.25) is 5.95 Å². The molecule has 166 valence electrons. The second-order valence-electron chi connectivity index (χ2n) is 7.08. The first-order valence-corrected chi connectivity index (χ1v) is 9.66. The van der Waals surface area contributed by atoms with Gasteiger partial charge in [-0.15, -0.1) is 0 Å². The normalized spacial score (nSPS) is 14.1. The first-order chi connectivity index (χ1) is 16.0. The molecule has 1 atom stereocenters. The lowest BCUT2D eigenvalue weighted by Crippen LogP contribution is -2.29. The number of aromatic nitrogens is 6. The molecule has 0 amide bonds. The topological polar surface area (TPSA) is 163 Å². The van der Waals surface area contributed by atoms with E-state index in [9.17, 15) is 14.9 Å². The van der Waals surface area contributed by atoms with E-state index in [1.807, 2.05) is 0 Å². The molecule has 33 heavy (non-hydrogen) atoms. The fourth-order valence-corrected chi connectivity index (χ4v) is 3.84. The first-order valence-electron chi connectivity index (χ1n) is 9.66. The fraction of sp³-hybridized carbons (Fsp3) is 0.150. The summed E-state index contributed by atoms with van der Waals surface area (Å²) in [6, 6.07) is 10.4. The second kappa shape index (κ2) is 7.71. The minimum absolute atomic E-state index is 0.0658. The lowest BCUT2D eigenvalue weighted by Gasteiger charge is -2.28. The van der Waals surface area contributed by atoms with Crippen LogP contribution in [-0.2, 0) is 0 Å². The maximum Gasteiger partial charge on any atom is 0.288 e. The van der Waals surface area contributed by atoms with Crippen molar-refractivity contribution in [3.05, 3.63) is 74.1 Å². The van der Waals surface area contributed by atoms with Gasteiger partial charge in [-0.1, -0.05) is 5.10 Å². The van der Waals surface area contributed by atoms with Crippen molar-refractivity contribution in [1.82, 2.24) is 30.4 Å². The zero-order valence-electron chi connectivity index (χ0n) is 17.3. The number of methoxy groups -OCH3 is 2. The number of ether oxygens (including phenoxy) is 2. The van der Waals surface area contributed by atoms with Crippen molar-refractivity contribution in [3.63, 3.8) is 0 Å². The lowest BCUT2D eigenvalue weighted by molar-refractivity contribution is -0.384. The van der Waals surface area contributed by atoms with Crippen LogP contribution in [0.1, 0.15) is 17.2 Å². The molecule has 2 aromatic carbocycles. The number of anilines is 2. The van der Waals surface area contributed by atoms with E-state index in [2.05, 4.69) is 31.0 Å². The Labute approximate surface area is 185 Å². The van der Waals surface area contributed by atoms with Crippen LogP contribution in [0.2, 0.25) is 0 Å². The number of nitrogens with zero attached hydrogens (tertiary/aromatic N) is 6. The summed E-state index contributed by atoms with van der Waals surface area (Å²) < 4.78 is 12.5. The fourth-order valence-electron chi connectivity index (χ4n) is 3.84. The molecule has 5 rings (SSSR count). The third kappa shape index (κ3) is 3.22. The van der Waals surface area contributed by atoms with Crippen LogP contribution in [0.25, 0.3) is 11.3 Å². The van der Waals surface area contributed by atoms with E-state index >= 15 is 0 Å². The predicted octanol–water partition coefficient (Wildman–Crippen LogP) is 2.04. The second-order valence-corrected chi connectivity index (χ2v) is 7.08. The average Bonchev–Trinajstić information content (AvgIpc) is 3.31. The van der Waals surface area contributed by atoms with E-state index < -0.39 is 16.5 Å². The Bertz CT molecular complexity index is 1430. The van der Waals surface area contributed by atoms with Crippen LogP contribution >= 0.6 is 0 Å². The molecule has 0 radical (unpaired) electrons. The summed E-state index contributed by atoms with van der Waals surface area (Å²) in [6.45, 7) is 0. The van der Waals surface area contributed by atoms with Crippen molar-refractivity contribution in [2.45, 2.75) is 6.04 Å².